The van der Waals surface area contributed by atoms with Crippen LogP contribution in [-0.2, 0) is 13.0 Å². The van der Waals surface area contributed by atoms with Crippen LogP contribution in [0, 0.1) is 0 Å². The first-order valence-electron chi connectivity index (χ1n) is 11.1. The van der Waals surface area contributed by atoms with E-state index in [1.165, 1.54) is 5.56 Å². The number of hydrogen-bond acceptors (Lipinski definition) is 5. The number of rotatable bonds is 5. The molecule has 0 fully saturated rings. The fraction of sp³-hybridized carbons (Fsp3) is 0.179. The van der Waals surface area contributed by atoms with Crippen LogP contribution in [0.25, 0.3) is 10.8 Å². The second-order valence-electron chi connectivity index (χ2n) is 8.19. The lowest BCUT2D eigenvalue weighted by atomic mass is 9.96. The van der Waals surface area contributed by atoms with Crippen LogP contribution >= 0.6 is 0 Å². The van der Waals surface area contributed by atoms with Crippen LogP contribution in [-0.4, -0.2) is 24.7 Å². The molecule has 0 spiro atoms. The first kappa shape index (κ1) is 20.9. The lowest BCUT2D eigenvalue weighted by molar-refractivity contribution is 0.0731. The van der Waals surface area contributed by atoms with Gasteiger partial charge in [-0.1, -0.05) is 42.5 Å². The summed E-state index contributed by atoms with van der Waals surface area (Å²) in [6.07, 6.45) is 1.99. The molecule has 0 unspecified atom stereocenters. The molecular formula is C28H25NO4. The van der Waals surface area contributed by atoms with Gasteiger partial charge in [-0.2, -0.15) is 0 Å². The molecule has 5 nitrogen and oxygen atoms in total. The number of aromatic hydroxyl groups is 1. The number of para-hydroxylation sites is 1. The number of ether oxygens (including phenoxy) is 2. The minimum Gasteiger partial charge on any atom is -0.507 e. The third kappa shape index (κ3) is 4.10. The number of esters is 1. The van der Waals surface area contributed by atoms with Gasteiger partial charge in [0, 0.05) is 24.3 Å². The van der Waals surface area contributed by atoms with E-state index in [0.29, 0.717) is 12.3 Å². The number of aryl methyl sites for hydroxylation is 1. The number of methoxy groups -OCH3 is 1. The van der Waals surface area contributed by atoms with E-state index < -0.39 is 5.97 Å². The first-order chi connectivity index (χ1) is 16.1. The molecule has 1 aliphatic heterocycles. The van der Waals surface area contributed by atoms with Crippen LogP contribution in [0.1, 0.15) is 27.9 Å². The Labute approximate surface area is 192 Å². The van der Waals surface area contributed by atoms with Crippen molar-refractivity contribution >= 4 is 22.4 Å². The van der Waals surface area contributed by atoms with Crippen molar-refractivity contribution in [2.75, 3.05) is 18.6 Å². The molecule has 1 heterocycles. The van der Waals surface area contributed by atoms with Crippen molar-refractivity contribution in [3.8, 4) is 17.2 Å². The van der Waals surface area contributed by atoms with Gasteiger partial charge in [0.25, 0.3) is 0 Å². The minimum atomic E-state index is -0.575. The number of nitrogens with zero attached hydrogens (tertiary/aromatic N) is 1. The summed E-state index contributed by atoms with van der Waals surface area (Å²) >= 11 is 0. The van der Waals surface area contributed by atoms with Crippen molar-refractivity contribution in [2.24, 2.45) is 0 Å². The Kier molecular flexibility index (Phi) is 5.61. The molecule has 1 N–H and O–H groups in total. The van der Waals surface area contributed by atoms with Gasteiger partial charge in [-0.15, -0.1) is 0 Å². The molecule has 5 rings (SSSR count). The molecule has 4 aromatic rings. The largest absolute Gasteiger partial charge is 0.507 e. The van der Waals surface area contributed by atoms with Crippen LogP contribution in [0.5, 0.6) is 17.2 Å². The van der Waals surface area contributed by atoms with E-state index in [9.17, 15) is 9.90 Å². The molecule has 0 saturated heterocycles. The summed E-state index contributed by atoms with van der Waals surface area (Å²) in [5.74, 6) is 0.676. The third-order valence-electron chi connectivity index (χ3n) is 6.15. The molecule has 0 bridgehead atoms. The molecule has 0 amide bonds. The van der Waals surface area contributed by atoms with Gasteiger partial charge in [0.15, 0.2) is 0 Å². The minimum absolute atomic E-state index is 0.0322. The summed E-state index contributed by atoms with van der Waals surface area (Å²) < 4.78 is 10.9. The van der Waals surface area contributed by atoms with Crippen molar-refractivity contribution in [2.45, 2.75) is 19.4 Å². The zero-order valence-corrected chi connectivity index (χ0v) is 18.5. The topological polar surface area (TPSA) is 59.0 Å². The maximum absolute atomic E-state index is 13.0. The Balaban J connectivity index is 1.55. The number of carbonyl (C=O) groups is 1. The van der Waals surface area contributed by atoms with Gasteiger partial charge in [-0.25, -0.2) is 4.79 Å². The van der Waals surface area contributed by atoms with Crippen molar-refractivity contribution in [1.29, 1.82) is 0 Å². The van der Waals surface area contributed by atoms with Crippen molar-refractivity contribution < 1.29 is 19.4 Å². The highest BCUT2D eigenvalue weighted by atomic mass is 16.5. The lowest BCUT2D eigenvalue weighted by Gasteiger charge is -2.32. The van der Waals surface area contributed by atoms with Crippen LogP contribution < -0.4 is 14.4 Å². The van der Waals surface area contributed by atoms with E-state index in [2.05, 4.69) is 17.0 Å². The summed E-state index contributed by atoms with van der Waals surface area (Å²) in [5.41, 5.74) is 3.24. The predicted molar refractivity (Wildman–Crippen MR) is 129 cm³/mol. The standard InChI is InChI=1S/C28H25NO4/c1-32-22-13-14-26-20(16-22)9-7-15-29(26)18-25-23-12-6-5-8-19(23)17-24(27(25)30)28(31)33-21-10-3-2-4-11-21/h2-6,8,10-14,16-17,30H,7,9,15,18H2,1H3. The highest BCUT2D eigenvalue weighted by Gasteiger charge is 2.24. The number of phenols is 1. The Bertz CT molecular complexity index is 1320. The van der Waals surface area contributed by atoms with Gasteiger partial charge in [0.1, 0.15) is 22.8 Å². The second-order valence-corrected chi connectivity index (χ2v) is 8.19. The van der Waals surface area contributed by atoms with Crippen molar-refractivity contribution in [1.82, 2.24) is 0 Å². The molecule has 5 heteroatoms. The van der Waals surface area contributed by atoms with Gasteiger partial charge >= 0.3 is 5.97 Å². The fourth-order valence-corrected chi connectivity index (χ4v) is 4.51. The molecule has 4 aromatic carbocycles. The number of anilines is 1. The fourth-order valence-electron chi connectivity index (χ4n) is 4.51. The highest BCUT2D eigenvalue weighted by Crippen LogP contribution is 2.37. The second kappa shape index (κ2) is 8.87. The normalized spacial score (nSPS) is 12.9. The Morgan fingerprint density at radius 1 is 0.970 bits per heavy atom. The van der Waals surface area contributed by atoms with Crippen LogP contribution in [0.2, 0.25) is 0 Å². The smallest absolute Gasteiger partial charge is 0.347 e. The number of phenolic OH excluding ortho intramolecular Hbond substituents is 1. The molecular weight excluding hydrogens is 414 g/mol. The zero-order valence-electron chi connectivity index (χ0n) is 18.5. The van der Waals surface area contributed by atoms with Crippen LogP contribution in [0.3, 0.4) is 0 Å². The molecule has 166 valence electrons. The summed E-state index contributed by atoms with van der Waals surface area (Å²) in [6.45, 7) is 1.35. The molecule has 0 aromatic heterocycles. The number of hydrogen-bond donors (Lipinski definition) is 1. The van der Waals surface area contributed by atoms with Gasteiger partial charge in [0.2, 0.25) is 0 Å². The maximum Gasteiger partial charge on any atom is 0.347 e. The van der Waals surface area contributed by atoms with E-state index in [4.69, 9.17) is 9.47 Å². The Hall–Kier alpha value is -3.99. The van der Waals surface area contributed by atoms with Gasteiger partial charge in [0.05, 0.1) is 7.11 Å². The third-order valence-corrected chi connectivity index (χ3v) is 6.15. The summed E-state index contributed by atoms with van der Waals surface area (Å²) in [6, 6.07) is 24.5. The average Bonchev–Trinajstić information content (AvgIpc) is 2.85. The molecule has 0 aliphatic carbocycles. The van der Waals surface area contributed by atoms with Gasteiger partial charge in [-0.3, -0.25) is 0 Å². The highest BCUT2D eigenvalue weighted by molar-refractivity contribution is 6.01. The van der Waals surface area contributed by atoms with E-state index in [0.717, 1.165) is 47.2 Å². The van der Waals surface area contributed by atoms with E-state index in [1.807, 2.05) is 36.4 Å². The van der Waals surface area contributed by atoms with Crippen molar-refractivity contribution in [3.05, 3.63) is 95.6 Å². The molecule has 1 aliphatic rings. The summed E-state index contributed by atoms with van der Waals surface area (Å²) in [5, 5.41) is 13.1. The molecule has 0 atom stereocenters. The SMILES string of the molecule is COc1ccc2c(c1)CCCN2Cc1c(O)c(C(=O)Oc2ccccc2)cc2ccccc12. The Morgan fingerprint density at radius 3 is 2.58 bits per heavy atom. The number of benzene rings is 4. The van der Waals surface area contributed by atoms with E-state index in [1.54, 1.807) is 37.4 Å². The molecule has 0 saturated carbocycles. The number of fused-ring (bicyclic) bond motifs is 2. The first-order valence-corrected chi connectivity index (χ1v) is 11.1. The quantitative estimate of drug-likeness (QED) is 0.318. The lowest BCUT2D eigenvalue weighted by Crippen LogP contribution is -2.29. The molecule has 33 heavy (non-hydrogen) atoms. The zero-order chi connectivity index (χ0) is 22.8. The number of carbonyl (C=O) groups excluding carboxylic acids is 1. The van der Waals surface area contributed by atoms with Crippen molar-refractivity contribution in [3.63, 3.8) is 0 Å². The van der Waals surface area contributed by atoms with Gasteiger partial charge in [-0.05, 0) is 65.6 Å². The Morgan fingerprint density at radius 2 is 1.76 bits per heavy atom. The predicted octanol–water partition coefficient (Wildman–Crippen LogP) is 5.73. The maximum atomic E-state index is 13.0. The van der Waals surface area contributed by atoms with Gasteiger partial charge < -0.3 is 19.5 Å². The summed E-state index contributed by atoms with van der Waals surface area (Å²) in [7, 11) is 1.67. The summed E-state index contributed by atoms with van der Waals surface area (Å²) in [4.78, 5) is 15.2. The van der Waals surface area contributed by atoms with E-state index >= 15 is 0 Å². The average molecular weight is 440 g/mol. The monoisotopic (exact) mass is 439 g/mol. The van der Waals surface area contributed by atoms with E-state index in [-0.39, 0.29) is 11.3 Å². The molecule has 0 radical (unpaired) electrons. The van der Waals surface area contributed by atoms with Crippen LogP contribution in [0.4, 0.5) is 5.69 Å². The van der Waals surface area contributed by atoms with Crippen LogP contribution in [0.15, 0.2) is 78.9 Å².